The molecule has 5 N–H and O–H groups in total. The SMILES string of the molecule is Cc1ncsc1-c1ccc([C@H](C)NC(=O)[C@@H]2C[C@@H](O)CN2C(=O)[C@@H](NC(=O)CCCCC(=O)N2CCC3(CCN(CC4(C)CCC(c5ccc(Cl)cc5)=C(CN5CCN(c6ccc(C(=O)NS(=O)(=O)c7ccc(NC(CCN8CCOCC8)CSc8ccccc8)c(S(=O)(=O)C(F)(F)F)c7)cc6)CC5)C4)CC3)CC2)C(C)(C)C)cc1. The van der Waals surface area contributed by atoms with E-state index in [2.05, 4.69) is 59.6 Å². The van der Waals surface area contributed by atoms with E-state index < -0.39 is 82.3 Å². The summed E-state index contributed by atoms with van der Waals surface area (Å²) in [7, 11) is -11.0. The van der Waals surface area contributed by atoms with Gasteiger partial charge in [-0.3, -0.25) is 33.8 Å². The third-order valence-corrected chi connectivity index (χ3v) is 29.1. The van der Waals surface area contributed by atoms with Crippen LogP contribution in [0.25, 0.3) is 16.0 Å². The average Bonchev–Trinajstić information content (AvgIpc) is 1.76. The third kappa shape index (κ3) is 22.3. The Balaban J connectivity index is 0.586. The van der Waals surface area contributed by atoms with Crippen LogP contribution in [0.4, 0.5) is 24.5 Å². The van der Waals surface area contributed by atoms with Crippen LogP contribution in [0.2, 0.25) is 5.02 Å². The van der Waals surface area contributed by atoms with Crippen molar-refractivity contribution in [2.24, 2.45) is 16.2 Å². The maximum atomic E-state index is 14.4. The molecule has 1 aliphatic carbocycles. The van der Waals surface area contributed by atoms with Crippen LogP contribution in [0.3, 0.4) is 0 Å². The Morgan fingerprint density at radius 1 is 0.765 bits per heavy atom. The van der Waals surface area contributed by atoms with Crippen molar-refractivity contribution in [1.82, 2.24) is 44.8 Å². The van der Waals surface area contributed by atoms with Crippen LogP contribution in [-0.4, -0.2) is 221 Å². The molecule has 6 aliphatic rings. The van der Waals surface area contributed by atoms with E-state index in [1.54, 1.807) is 23.5 Å². The molecule has 5 aliphatic heterocycles. The van der Waals surface area contributed by atoms with E-state index in [9.17, 15) is 59.1 Å². The molecule has 0 bridgehead atoms. The molecule has 22 nitrogen and oxygen atoms in total. The van der Waals surface area contributed by atoms with Gasteiger partial charge in [0.1, 0.15) is 17.0 Å². The quantitative estimate of drug-likeness (QED) is 0.0216. The molecule has 1 spiro atoms. The number of aryl methyl sites for hydroxylation is 1. The van der Waals surface area contributed by atoms with Gasteiger partial charge >= 0.3 is 5.51 Å². The van der Waals surface area contributed by atoms with Gasteiger partial charge < -0.3 is 45.4 Å². The van der Waals surface area contributed by atoms with Gasteiger partial charge in [0.05, 0.1) is 52.0 Å². The number of sulfonamides is 1. The number of piperidine rings is 2. The van der Waals surface area contributed by atoms with Crippen LogP contribution in [0.5, 0.6) is 0 Å². The molecule has 0 saturated carbocycles. The van der Waals surface area contributed by atoms with Crippen molar-refractivity contribution in [3.63, 3.8) is 0 Å². The van der Waals surface area contributed by atoms with Gasteiger partial charge in [0.2, 0.25) is 23.6 Å². The molecule has 115 heavy (non-hydrogen) atoms. The maximum absolute atomic E-state index is 14.4. The summed E-state index contributed by atoms with van der Waals surface area (Å²) in [6.45, 7) is 22.8. The van der Waals surface area contributed by atoms with Gasteiger partial charge in [-0.25, -0.2) is 26.5 Å². The molecule has 6 atom stereocenters. The van der Waals surface area contributed by atoms with E-state index >= 15 is 0 Å². The smallest absolute Gasteiger partial charge is 0.391 e. The first-order valence-electron chi connectivity index (χ1n) is 40.1. The number of piperazine rings is 1. The van der Waals surface area contributed by atoms with E-state index in [1.165, 1.54) is 45.5 Å². The highest BCUT2D eigenvalue weighted by atomic mass is 35.5. The number of thiazole rings is 1. The van der Waals surface area contributed by atoms with Gasteiger partial charge in [0, 0.05) is 131 Å². The molecule has 5 amide bonds. The summed E-state index contributed by atoms with van der Waals surface area (Å²) in [5.41, 5.74) is 2.72. The van der Waals surface area contributed by atoms with Crippen molar-refractivity contribution in [3.8, 4) is 10.4 Å². The second kappa shape index (κ2) is 37.7. The lowest BCUT2D eigenvalue weighted by Crippen LogP contribution is -2.57. The molecule has 622 valence electrons. The van der Waals surface area contributed by atoms with Crippen molar-refractivity contribution in [2.45, 2.75) is 175 Å². The normalized spacial score (nSPS) is 21.1. The summed E-state index contributed by atoms with van der Waals surface area (Å²) in [6, 6.07) is 31.5. The van der Waals surface area contributed by atoms with Crippen molar-refractivity contribution in [3.05, 3.63) is 160 Å². The van der Waals surface area contributed by atoms with E-state index in [1.807, 2.05) is 116 Å². The summed E-state index contributed by atoms with van der Waals surface area (Å²) < 4.78 is 105. The van der Waals surface area contributed by atoms with Crippen LogP contribution < -0.4 is 25.6 Å². The number of aliphatic hydroxyl groups excluding tert-OH is 1. The van der Waals surface area contributed by atoms with Gasteiger partial charge in [0.15, 0.2) is 0 Å². The minimum atomic E-state index is -6.11. The number of unbranched alkanes of at least 4 members (excludes halogenated alkanes) is 1. The van der Waals surface area contributed by atoms with Crippen LogP contribution in [0.15, 0.2) is 147 Å². The molecule has 6 aromatic rings. The zero-order valence-electron chi connectivity index (χ0n) is 66.5. The van der Waals surface area contributed by atoms with Crippen LogP contribution >= 0.6 is 34.7 Å². The van der Waals surface area contributed by atoms with Crippen LogP contribution in [0.1, 0.15) is 151 Å². The molecule has 6 heterocycles. The summed E-state index contributed by atoms with van der Waals surface area (Å²) in [6.07, 6.45) is 8.01. The number of nitrogens with zero attached hydrogens (tertiary/aromatic N) is 7. The van der Waals surface area contributed by atoms with Gasteiger partial charge in [0.25, 0.3) is 25.8 Å². The largest absolute Gasteiger partial charge is 0.501 e. The highest BCUT2D eigenvalue weighted by molar-refractivity contribution is 7.99. The average molecular weight is 1680 g/mol. The number of rotatable bonds is 29. The summed E-state index contributed by atoms with van der Waals surface area (Å²) in [5.74, 6) is -1.72. The van der Waals surface area contributed by atoms with E-state index in [0.717, 1.165) is 129 Å². The Bertz CT molecular complexity index is 4640. The lowest BCUT2D eigenvalue weighted by molar-refractivity contribution is -0.144. The number of morpholine rings is 1. The number of nitrogens with one attached hydrogen (secondary N) is 4. The number of anilines is 2. The minimum absolute atomic E-state index is 0.0274. The molecule has 5 aromatic carbocycles. The highest BCUT2D eigenvalue weighted by Crippen LogP contribution is 2.47. The number of β-amino-alcohol motifs (C(OH)–C–C–N with tert-alkyl or cyclic N) is 1. The second-order valence-electron chi connectivity index (χ2n) is 33.4. The molecular weight excluding hydrogens is 1570 g/mol. The maximum Gasteiger partial charge on any atom is 0.501 e. The van der Waals surface area contributed by atoms with Gasteiger partial charge in [-0.2, -0.15) is 13.2 Å². The Morgan fingerprint density at radius 2 is 1.43 bits per heavy atom. The molecule has 30 heteroatoms. The Hall–Kier alpha value is -7.45. The number of aliphatic hydroxyl groups is 1. The molecule has 12 rings (SSSR count). The fourth-order valence-electron chi connectivity index (χ4n) is 17.0. The number of thioether (sulfide) groups is 1. The standard InChI is InChI=1S/C85H109ClF3N11O11S4/c1-58(60-16-18-62(19-17-60)77-59(2)90-57-113-77)91-80(105)73-50-68(101)54-100(73)81(106)78(82(3,4)5)93-75(102)14-10-11-15-76(103)99-40-35-84(36-41-99)33-38-97(39-34-84)56-83(6)32-30-71(61-20-24-65(86)25-21-61)64(52-83)53-96-42-44-98(45-43-96)67-26-22-63(23-27-67)79(104)94-115(109,110)70-28-29-72(74(51-70)114(107,108)85(87,88)89)92-66(31-37-95-46-48-111-49-47-95)55-112-69-12-8-7-9-13-69/h7-9,12-13,16-29,51,57-58,66,68,73,78,92,101H,10-11,14-15,30-50,52-56H2,1-6H3,(H,91,105)(H,93,102)(H,94,104)/t58-,66?,68+,73-,78+,83?/m0/s1. The van der Waals surface area contributed by atoms with Crippen molar-refractivity contribution in [1.29, 1.82) is 0 Å². The summed E-state index contributed by atoms with van der Waals surface area (Å²) in [4.78, 5) is 86.3. The van der Waals surface area contributed by atoms with E-state index in [4.69, 9.17) is 16.3 Å². The summed E-state index contributed by atoms with van der Waals surface area (Å²) in [5, 5.41) is 20.5. The van der Waals surface area contributed by atoms with E-state index in [0.29, 0.717) is 102 Å². The van der Waals surface area contributed by atoms with Crippen LogP contribution in [-0.2, 0) is 43.8 Å². The van der Waals surface area contributed by atoms with Gasteiger partial charge in [-0.05, 0) is 196 Å². The van der Waals surface area contributed by atoms with Gasteiger partial charge in [-0.15, -0.1) is 23.1 Å². The number of alkyl halides is 3. The summed E-state index contributed by atoms with van der Waals surface area (Å²) >= 11 is 9.44. The number of hydrogen-bond acceptors (Lipinski definition) is 19. The monoisotopic (exact) mass is 1680 g/mol. The topological polar surface area (TPSA) is 264 Å². The molecule has 1 aromatic heterocycles. The first-order chi connectivity index (χ1) is 54.7. The van der Waals surface area contributed by atoms with E-state index in [-0.39, 0.29) is 59.5 Å². The minimum Gasteiger partial charge on any atom is -0.391 e. The molecule has 2 unspecified atom stereocenters. The van der Waals surface area contributed by atoms with Crippen LogP contribution in [0, 0.1) is 23.2 Å². The fourth-order valence-corrected chi connectivity index (χ4v) is 20.9. The number of ether oxygens (including phenoxy) is 1. The number of benzene rings is 5. The molecule has 5 saturated heterocycles. The molecule has 0 radical (unpaired) electrons. The number of amides is 5. The van der Waals surface area contributed by atoms with Gasteiger partial charge in [-0.1, -0.05) is 99.5 Å². The molecular formula is C85H109ClF3N11O11S4. The molecule has 5 fully saturated rings. The number of hydrogen-bond donors (Lipinski definition) is 5. The number of sulfone groups is 1. The number of likely N-dealkylation sites (tertiary alicyclic amines) is 3. The lowest BCUT2D eigenvalue weighted by atomic mass is 9.69. The fraction of sp³-hybridized carbons (Fsp3) is 0.529. The third-order valence-electron chi connectivity index (χ3n) is 23.9. The predicted octanol–water partition coefficient (Wildman–Crippen LogP) is 12.9. The Kier molecular flexibility index (Phi) is 28.4. The number of carbonyl (C=O) groups is 5. The number of halogens is 4. The van der Waals surface area contributed by atoms with Crippen molar-refractivity contribution >= 4 is 101 Å². The second-order valence-corrected chi connectivity index (χ2v) is 39.4. The zero-order chi connectivity index (χ0) is 82.0. The number of aromatic nitrogens is 1. The predicted molar refractivity (Wildman–Crippen MR) is 445 cm³/mol. The Morgan fingerprint density at radius 3 is 2.08 bits per heavy atom. The first kappa shape index (κ1) is 86.9. The first-order valence-corrected chi connectivity index (χ1v) is 45.3. The lowest BCUT2D eigenvalue weighted by Gasteiger charge is -2.49. The number of carbonyl (C=O) groups excluding carboxylic acids is 5. The van der Waals surface area contributed by atoms with Crippen molar-refractivity contribution < 1.29 is 63.8 Å². The van der Waals surface area contributed by atoms with Crippen molar-refractivity contribution in [2.75, 3.05) is 121 Å². The number of allylic oxidation sites excluding steroid dienone is 1. The highest BCUT2D eigenvalue weighted by Gasteiger charge is 2.50. The zero-order valence-corrected chi connectivity index (χ0v) is 70.6. The Labute approximate surface area is 688 Å².